The molecule has 0 radical (unpaired) electrons. The molecule has 218 valence electrons. The van der Waals surface area contributed by atoms with E-state index in [4.69, 9.17) is 28.4 Å². The summed E-state index contributed by atoms with van der Waals surface area (Å²) in [7, 11) is 9.10. The number of hydrogen-bond donors (Lipinski definition) is 0. The largest absolute Gasteiger partial charge is 0.493 e. The summed E-state index contributed by atoms with van der Waals surface area (Å²) < 4.78 is 32.9. The van der Waals surface area contributed by atoms with E-state index in [9.17, 15) is 9.59 Å². The third-order valence-electron chi connectivity index (χ3n) is 7.47. The van der Waals surface area contributed by atoms with Crippen LogP contribution in [0.4, 0.5) is 0 Å². The second-order valence-electron chi connectivity index (χ2n) is 9.66. The predicted octanol–water partition coefficient (Wildman–Crippen LogP) is 4.05. The Labute approximate surface area is 240 Å². The Balaban J connectivity index is 1.66. The van der Waals surface area contributed by atoms with Gasteiger partial charge in [0, 0.05) is 23.3 Å². The van der Waals surface area contributed by atoms with Crippen LogP contribution in [0.5, 0.6) is 34.5 Å². The van der Waals surface area contributed by atoms with Crippen LogP contribution in [0.25, 0.3) is 0 Å². The number of carbonyl (C=O) groups is 2. The summed E-state index contributed by atoms with van der Waals surface area (Å²) in [6.07, 6.45) is 0. The number of benzene rings is 3. The van der Waals surface area contributed by atoms with Gasteiger partial charge in [0.1, 0.15) is 19.6 Å². The maximum atomic E-state index is 14.3. The number of nitrogens with zero attached hydrogens (tertiary/aromatic N) is 2. The minimum atomic E-state index is -0.179. The highest BCUT2D eigenvalue weighted by atomic mass is 16.5. The van der Waals surface area contributed by atoms with Gasteiger partial charge in [-0.15, -0.1) is 0 Å². The lowest BCUT2D eigenvalue weighted by molar-refractivity contribution is -0.866. The van der Waals surface area contributed by atoms with E-state index in [1.165, 1.54) is 42.7 Å². The molecule has 4 rings (SSSR count). The molecule has 10 nitrogen and oxygen atoms in total. The van der Waals surface area contributed by atoms with E-state index in [2.05, 4.69) is 0 Å². The van der Waals surface area contributed by atoms with Crippen molar-refractivity contribution >= 4 is 11.8 Å². The van der Waals surface area contributed by atoms with Crippen LogP contribution in [0.2, 0.25) is 0 Å². The Morgan fingerprint density at radius 3 is 1.51 bits per heavy atom. The fraction of sp³-hybridized carbons (Fsp3) is 0.355. The molecule has 0 bridgehead atoms. The van der Waals surface area contributed by atoms with Crippen LogP contribution in [-0.4, -0.2) is 90.0 Å². The Kier molecular flexibility index (Phi) is 9.24. The van der Waals surface area contributed by atoms with Crippen LogP contribution in [0.3, 0.4) is 0 Å². The molecule has 0 aromatic heterocycles. The van der Waals surface area contributed by atoms with Crippen LogP contribution in [0, 0.1) is 0 Å². The minimum absolute atomic E-state index is 0.0898. The second kappa shape index (κ2) is 12.8. The van der Waals surface area contributed by atoms with E-state index in [1.54, 1.807) is 29.2 Å². The number of hydrogen-bond acceptors (Lipinski definition) is 8. The zero-order valence-corrected chi connectivity index (χ0v) is 24.4. The molecule has 0 N–H and O–H groups in total. The number of ether oxygens (including phenoxy) is 6. The van der Waals surface area contributed by atoms with Gasteiger partial charge in [-0.3, -0.25) is 4.79 Å². The number of rotatable bonds is 10. The van der Waals surface area contributed by atoms with Crippen LogP contribution < -0.4 is 28.4 Å². The van der Waals surface area contributed by atoms with E-state index < -0.39 is 0 Å². The van der Waals surface area contributed by atoms with E-state index >= 15 is 0 Å². The summed E-state index contributed by atoms with van der Waals surface area (Å²) in [6, 6.07) is 16.5. The smallest absolute Gasteiger partial charge is 0.346 e. The van der Waals surface area contributed by atoms with E-state index in [-0.39, 0.29) is 16.3 Å². The van der Waals surface area contributed by atoms with Crippen molar-refractivity contribution in [2.24, 2.45) is 0 Å². The van der Waals surface area contributed by atoms with Crippen molar-refractivity contribution < 1.29 is 42.5 Å². The van der Waals surface area contributed by atoms with Crippen molar-refractivity contribution in [2.75, 3.05) is 68.8 Å². The monoisotopic (exact) mass is 565 g/mol. The van der Waals surface area contributed by atoms with Gasteiger partial charge < -0.3 is 33.3 Å². The number of piperazine rings is 1. The SMILES string of the molecule is COc1cc(C(=O)N2CC[N+](Cc3ccccc3)(C(=O)c3cc(OC)c(OC)c(OC)c3)CC2)cc(OC)c1OC. The van der Waals surface area contributed by atoms with E-state index in [0.29, 0.717) is 78.3 Å². The summed E-state index contributed by atoms with van der Waals surface area (Å²) in [5.74, 6) is 2.18. The number of quaternary nitrogens is 1. The third-order valence-corrected chi connectivity index (χ3v) is 7.47. The van der Waals surface area contributed by atoms with Gasteiger partial charge >= 0.3 is 5.91 Å². The highest BCUT2D eigenvalue weighted by Gasteiger charge is 2.43. The van der Waals surface area contributed by atoms with Crippen LogP contribution in [-0.2, 0) is 6.54 Å². The molecule has 0 atom stereocenters. The van der Waals surface area contributed by atoms with Gasteiger partial charge in [-0.1, -0.05) is 30.3 Å². The summed E-state index contributed by atoms with van der Waals surface area (Å²) in [5.41, 5.74) is 1.89. The molecule has 1 saturated heterocycles. The maximum Gasteiger partial charge on any atom is 0.346 e. The lowest BCUT2D eigenvalue weighted by atomic mass is 10.1. The molecule has 10 heteroatoms. The Morgan fingerprint density at radius 2 is 1.10 bits per heavy atom. The maximum absolute atomic E-state index is 14.3. The van der Waals surface area contributed by atoms with Crippen molar-refractivity contribution in [3.63, 3.8) is 0 Å². The van der Waals surface area contributed by atoms with Crippen molar-refractivity contribution in [1.82, 2.24) is 4.90 Å². The first kappa shape index (κ1) is 29.5. The number of methoxy groups -OCH3 is 6. The highest BCUT2D eigenvalue weighted by Crippen LogP contribution is 2.40. The standard InChI is InChI=1S/C31H37N2O8/c1-36-24-16-22(17-25(37-2)28(24)40-5)30(34)32-12-14-33(15-13-32,20-21-10-8-7-9-11-21)31(35)23-18-26(38-3)29(41-6)27(19-23)39-4/h7-11,16-19H,12-15,20H2,1-6H3/q+1. The summed E-state index contributed by atoms with van der Waals surface area (Å²) in [4.78, 5) is 29.7. The molecule has 1 aliphatic heterocycles. The molecule has 0 aliphatic carbocycles. The van der Waals surface area contributed by atoms with Crippen LogP contribution in [0.15, 0.2) is 54.6 Å². The normalized spacial score (nSPS) is 14.1. The van der Waals surface area contributed by atoms with Gasteiger partial charge in [0.15, 0.2) is 23.0 Å². The second-order valence-corrected chi connectivity index (χ2v) is 9.66. The third kappa shape index (κ3) is 5.88. The first-order chi connectivity index (χ1) is 19.8. The highest BCUT2D eigenvalue weighted by molar-refractivity contribution is 5.96. The molecular weight excluding hydrogens is 528 g/mol. The molecule has 3 aromatic rings. The van der Waals surface area contributed by atoms with Crippen LogP contribution >= 0.6 is 0 Å². The molecule has 0 unspecified atom stereocenters. The molecule has 0 spiro atoms. The van der Waals surface area contributed by atoms with E-state index in [1.807, 2.05) is 30.3 Å². The van der Waals surface area contributed by atoms with Gasteiger partial charge in [-0.05, 0) is 12.1 Å². The van der Waals surface area contributed by atoms with E-state index in [0.717, 1.165) is 5.56 Å². The first-order valence-corrected chi connectivity index (χ1v) is 13.2. The fourth-order valence-corrected chi connectivity index (χ4v) is 5.28. The Hall–Kier alpha value is -4.44. The lowest BCUT2D eigenvalue weighted by Gasteiger charge is -2.42. The Bertz CT molecular complexity index is 1330. The summed E-state index contributed by atoms with van der Waals surface area (Å²) in [5, 5.41) is 0. The average Bonchev–Trinajstić information content (AvgIpc) is 3.03. The molecule has 1 aliphatic rings. The zero-order valence-electron chi connectivity index (χ0n) is 24.4. The lowest BCUT2D eigenvalue weighted by Crippen LogP contribution is -2.62. The van der Waals surface area contributed by atoms with Gasteiger partial charge in [0.25, 0.3) is 5.91 Å². The van der Waals surface area contributed by atoms with Gasteiger partial charge in [-0.2, -0.15) is 0 Å². The molecule has 41 heavy (non-hydrogen) atoms. The van der Waals surface area contributed by atoms with Crippen molar-refractivity contribution in [1.29, 1.82) is 0 Å². The van der Waals surface area contributed by atoms with Gasteiger partial charge in [0.05, 0.1) is 61.3 Å². The van der Waals surface area contributed by atoms with Crippen molar-refractivity contribution in [3.05, 3.63) is 71.3 Å². The van der Waals surface area contributed by atoms with Gasteiger partial charge in [0.2, 0.25) is 11.5 Å². The number of amides is 2. The molecule has 1 fully saturated rings. The average molecular weight is 566 g/mol. The predicted molar refractivity (Wildman–Crippen MR) is 153 cm³/mol. The van der Waals surface area contributed by atoms with Crippen molar-refractivity contribution in [3.8, 4) is 34.5 Å². The first-order valence-electron chi connectivity index (χ1n) is 13.2. The zero-order chi connectivity index (χ0) is 29.6. The molecule has 3 aromatic carbocycles. The van der Waals surface area contributed by atoms with Crippen molar-refractivity contribution in [2.45, 2.75) is 6.54 Å². The number of carbonyl (C=O) groups excluding carboxylic acids is 2. The Morgan fingerprint density at radius 1 is 0.659 bits per heavy atom. The molecule has 0 saturated carbocycles. The fourth-order valence-electron chi connectivity index (χ4n) is 5.28. The summed E-state index contributed by atoms with van der Waals surface area (Å²) >= 11 is 0. The molecule has 1 heterocycles. The molecule has 2 amide bonds. The molecular formula is C31H37N2O8+. The minimum Gasteiger partial charge on any atom is -0.493 e. The topological polar surface area (TPSA) is 92.8 Å². The van der Waals surface area contributed by atoms with Crippen LogP contribution in [0.1, 0.15) is 26.3 Å². The summed E-state index contributed by atoms with van der Waals surface area (Å²) in [6.45, 7) is 2.06. The van der Waals surface area contributed by atoms with Gasteiger partial charge in [-0.25, -0.2) is 9.28 Å². The quantitative estimate of drug-likeness (QED) is 0.340.